The molecule has 1 amide bonds. The number of likely N-dealkylation sites (tertiary alicyclic amines) is 1. The van der Waals surface area contributed by atoms with Crippen molar-refractivity contribution >= 4 is 11.6 Å². The number of halogens is 1. The van der Waals surface area contributed by atoms with Gasteiger partial charge in [-0.25, -0.2) is 14.4 Å². The van der Waals surface area contributed by atoms with Crippen molar-refractivity contribution in [2.45, 2.75) is 58.0 Å². The largest absolute Gasteiger partial charge is 0.364 e. The van der Waals surface area contributed by atoms with Gasteiger partial charge in [0.15, 0.2) is 0 Å². The molecule has 1 unspecified atom stereocenters. The number of amides is 1. The summed E-state index contributed by atoms with van der Waals surface area (Å²) >= 11 is 0. The quantitative estimate of drug-likeness (QED) is 0.791. The lowest BCUT2D eigenvalue weighted by Gasteiger charge is -2.35. The van der Waals surface area contributed by atoms with Crippen molar-refractivity contribution in [3.8, 4) is 0 Å². The maximum Gasteiger partial charge on any atom is 0.257 e. The first kappa shape index (κ1) is 18.8. The number of anilines is 1. The molecule has 1 aromatic carbocycles. The average Bonchev–Trinajstić information content (AvgIpc) is 3.15. The molecule has 0 radical (unpaired) electrons. The van der Waals surface area contributed by atoms with E-state index in [1.54, 1.807) is 6.20 Å². The van der Waals surface area contributed by atoms with Crippen molar-refractivity contribution < 1.29 is 9.18 Å². The molecular formula is C22H27FN4O. The maximum atomic E-state index is 13.4. The van der Waals surface area contributed by atoms with E-state index in [0.29, 0.717) is 11.4 Å². The van der Waals surface area contributed by atoms with Crippen LogP contribution in [0, 0.1) is 19.7 Å². The zero-order valence-electron chi connectivity index (χ0n) is 17.0. The van der Waals surface area contributed by atoms with Crippen LogP contribution < -0.4 is 4.90 Å². The summed E-state index contributed by atoms with van der Waals surface area (Å²) in [6.45, 7) is 9.61. The minimum absolute atomic E-state index is 0.0201. The molecular weight excluding hydrogens is 355 g/mol. The Balaban J connectivity index is 1.66. The minimum Gasteiger partial charge on any atom is -0.364 e. The average molecular weight is 382 g/mol. The molecule has 2 aliphatic heterocycles. The molecule has 0 bridgehead atoms. The molecule has 2 aromatic rings. The summed E-state index contributed by atoms with van der Waals surface area (Å²) in [5, 5.41) is 0. The second kappa shape index (κ2) is 6.54. The molecule has 0 saturated carbocycles. The highest BCUT2D eigenvalue weighted by atomic mass is 19.1. The van der Waals surface area contributed by atoms with E-state index in [1.165, 1.54) is 12.1 Å². The highest BCUT2D eigenvalue weighted by Crippen LogP contribution is 2.47. The van der Waals surface area contributed by atoms with E-state index in [1.807, 2.05) is 30.9 Å². The fourth-order valence-electron chi connectivity index (χ4n) is 5.07. The van der Waals surface area contributed by atoms with Gasteiger partial charge in [-0.15, -0.1) is 0 Å². The van der Waals surface area contributed by atoms with Crippen LogP contribution in [0.3, 0.4) is 0 Å². The van der Waals surface area contributed by atoms with E-state index >= 15 is 0 Å². The first-order chi connectivity index (χ1) is 13.2. The number of nitrogens with zero attached hydrogens (tertiary/aromatic N) is 4. The summed E-state index contributed by atoms with van der Waals surface area (Å²) < 4.78 is 13.4. The third-order valence-electron chi connectivity index (χ3n) is 6.25. The van der Waals surface area contributed by atoms with E-state index in [-0.39, 0.29) is 22.8 Å². The van der Waals surface area contributed by atoms with Crippen LogP contribution in [0.2, 0.25) is 0 Å². The van der Waals surface area contributed by atoms with Crippen molar-refractivity contribution in [3.05, 3.63) is 53.4 Å². The predicted octanol–water partition coefficient (Wildman–Crippen LogP) is 3.90. The van der Waals surface area contributed by atoms with Gasteiger partial charge in [0.1, 0.15) is 11.6 Å². The molecule has 1 atom stereocenters. The normalized spacial score (nSPS) is 23.6. The van der Waals surface area contributed by atoms with Gasteiger partial charge in [-0.1, -0.05) is 0 Å². The Morgan fingerprint density at radius 2 is 1.89 bits per heavy atom. The fourth-order valence-corrected chi connectivity index (χ4v) is 5.07. The van der Waals surface area contributed by atoms with Crippen LogP contribution in [0.5, 0.6) is 0 Å². The molecule has 148 valence electrons. The van der Waals surface area contributed by atoms with Crippen LogP contribution in [-0.4, -0.2) is 44.9 Å². The number of hydrogen-bond acceptors (Lipinski definition) is 4. The van der Waals surface area contributed by atoms with Crippen LogP contribution in [0.4, 0.5) is 10.1 Å². The number of hydrogen-bond donors (Lipinski definition) is 0. The Kier molecular flexibility index (Phi) is 4.40. The van der Waals surface area contributed by atoms with Crippen LogP contribution >= 0.6 is 0 Å². The van der Waals surface area contributed by atoms with Crippen LogP contribution in [0.15, 0.2) is 30.5 Å². The number of rotatable bonds is 2. The minimum atomic E-state index is -0.233. The van der Waals surface area contributed by atoms with Crippen LogP contribution in [-0.2, 0) is 0 Å². The SMILES string of the molecule is Cc1ncc(C(=O)N2CCCC23CN(c2ccc(F)cc2)C(C)(C)C3)c(C)n1. The van der Waals surface area contributed by atoms with Crippen LogP contribution in [0.1, 0.15) is 55.0 Å². The van der Waals surface area contributed by atoms with Gasteiger partial charge in [0, 0.05) is 30.5 Å². The highest BCUT2D eigenvalue weighted by Gasteiger charge is 2.55. The van der Waals surface area contributed by atoms with Crippen molar-refractivity contribution in [3.63, 3.8) is 0 Å². The molecule has 3 heterocycles. The van der Waals surface area contributed by atoms with E-state index < -0.39 is 0 Å². The van der Waals surface area contributed by atoms with Gasteiger partial charge in [0.25, 0.3) is 5.91 Å². The summed E-state index contributed by atoms with van der Waals surface area (Å²) in [7, 11) is 0. The summed E-state index contributed by atoms with van der Waals surface area (Å²) in [5.41, 5.74) is 1.97. The summed E-state index contributed by atoms with van der Waals surface area (Å²) in [6.07, 6.45) is 4.51. The number of aryl methyl sites for hydroxylation is 2. The first-order valence-corrected chi connectivity index (χ1v) is 9.87. The zero-order valence-corrected chi connectivity index (χ0v) is 17.0. The van der Waals surface area contributed by atoms with Crippen molar-refractivity contribution in [1.82, 2.24) is 14.9 Å². The first-order valence-electron chi connectivity index (χ1n) is 9.87. The Labute approximate surface area is 165 Å². The third-order valence-corrected chi connectivity index (χ3v) is 6.25. The van der Waals surface area contributed by atoms with Crippen LogP contribution in [0.25, 0.3) is 0 Å². The standard InChI is InChI=1S/C22H27FN4O/c1-15-19(12-24-16(2)25-15)20(28)26-11-5-10-22(26)13-21(3,4)27(14-22)18-8-6-17(23)7-9-18/h6-9,12H,5,10-11,13-14H2,1-4H3. The zero-order chi connectivity index (χ0) is 20.1. The number of carbonyl (C=O) groups excluding carboxylic acids is 1. The molecule has 0 N–H and O–H groups in total. The highest BCUT2D eigenvalue weighted by molar-refractivity contribution is 5.95. The van der Waals surface area contributed by atoms with Crippen molar-refractivity contribution in [2.75, 3.05) is 18.0 Å². The molecule has 28 heavy (non-hydrogen) atoms. The lowest BCUT2D eigenvalue weighted by Crippen LogP contribution is -2.49. The second-order valence-corrected chi connectivity index (χ2v) is 8.75. The van der Waals surface area contributed by atoms with Gasteiger partial charge in [0.05, 0.1) is 16.8 Å². The lowest BCUT2D eigenvalue weighted by molar-refractivity contribution is 0.0615. The molecule has 2 saturated heterocycles. The molecule has 0 aliphatic carbocycles. The topological polar surface area (TPSA) is 49.3 Å². The molecule has 2 fully saturated rings. The third kappa shape index (κ3) is 3.05. The molecule has 5 nitrogen and oxygen atoms in total. The van der Waals surface area contributed by atoms with Gasteiger partial charge in [-0.05, 0) is 71.2 Å². The molecule has 2 aliphatic rings. The number of benzene rings is 1. The molecule has 4 rings (SSSR count). The van der Waals surface area contributed by atoms with Gasteiger partial charge in [-0.3, -0.25) is 4.79 Å². The number of aromatic nitrogens is 2. The van der Waals surface area contributed by atoms with Crippen molar-refractivity contribution in [2.24, 2.45) is 0 Å². The van der Waals surface area contributed by atoms with E-state index in [4.69, 9.17) is 0 Å². The van der Waals surface area contributed by atoms with E-state index in [2.05, 4.69) is 28.7 Å². The van der Waals surface area contributed by atoms with Crippen molar-refractivity contribution in [1.29, 1.82) is 0 Å². The second-order valence-electron chi connectivity index (χ2n) is 8.75. The smallest absolute Gasteiger partial charge is 0.257 e. The summed E-state index contributed by atoms with van der Waals surface area (Å²) in [6, 6.07) is 6.66. The Bertz CT molecular complexity index is 911. The molecule has 1 aromatic heterocycles. The van der Waals surface area contributed by atoms with Gasteiger partial charge < -0.3 is 9.80 Å². The maximum absolute atomic E-state index is 13.4. The Hall–Kier alpha value is -2.50. The van der Waals surface area contributed by atoms with E-state index in [0.717, 1.165) is 43.7 Å². The van der Waals surface area contributed by atoms with Gasteiger partial charge in [0.2, 0.25) is 0 Å². The number of carbonyl (C=O) groups is 1. The summed E-state index contributed by atoms with van der Waals surface area (Å²) in [4.78, 5) is 26.4. The Morgan fingerprint density at radius 1 is 1.18 bits per heavy atom. The molecule has 6 heteroatoms. The summed E-state index contributed by atoms with van der Waals surface area (Å²) in [5.74, 6) is 0.462. The lowest BCUT2D eigenvalue weighted by atomic mass is 9.87. The predicted molar refractivity (Wildman–Crippen MR) is 107 cm³/mol. The monoisotopic (exact) mass is 382 g/mol. The Morgan fingerprint density at radius 3 is 2.57 bits per heavy atom. The fraction of sp³-hybridized carbons (Fsp3) is 0.500. The van der Waals surface area contributed by atoms with E-state index in [9.17, 15) is 9.18 Å². The molecule has 1 spiro atoms. The van der Waals surface area contributed by atoms with Gasteiger partial charge >= 0.3 is 0 Å². The van der Waals surface area contributed by atoms with Gasteiger partial charge in [-0.2, -0.15) is 0 Å².